The van der Waals surface area contributed by atoms with Crippen LogP contribution >= 0.6 is 0 Å². The molecule has 0 unspecified atom stereocenters. The molecule has 0 aliphatic rings. The van der Waals surface area contributed by atoms with Crippen molar-refractivity contribution in [2.24, 2.45) is 0 Å². The molecule has 1 aromatic heterocycles. The zero-order chi connectivity index (χ0) is 17.2. The van der Waals surface area contributed by atoms with Gasteiger partial charge in [0, 0.05) is 25.3 Å². The van der Waals surface area contributed by atoms with Gasteiger partial charge in [0.15, 0.2) is 5.78 Å². The summed E-state index contributed by atoms with van der Waals surface area (Å²) in [5, 5.41) is 0. The molecule has 2 aromatic rings. The minimum absolute atomic E-state index is 0.225. The number of Topliss-reactive ketones (excluding diaryl/α,β-unsaturated/α-hetero) is 1. The second-order valence-corrected chi connectivity index (χ2v) is 4.91. The van der Waals surface area contributed by atoms with Crippen LogP contribution in [0.15, 0.2) is 36.4 Å². The maximum Gasteiger partial charge on any atom is 0.433 e. The van der Waals surface area contributed by atoms with Gasteiger partial charge in [0.05, 0.1) is 7.11 Å². The first-order valence-corrected chi connectivity index (χ1v) is 6.70. The third kappa shape index (κ3) is 3.80. The van der Waals surface area contributed by atoms with Crippen molar-refractivity contribution < 1.29 is 22.7 Å². The Balaban J connectivity index is 2.47. The Morgan fingerprint density at radius 1 is 1.13 bits per heavy atom. The van der Waals surface area contributed by atoms with Crippen molar-refractivity contribution in [1.82, 2.24) is 4.98 Å². The summed E-state index contributed by atoms with van der Waals surface area (Å²) >= 11 is 0. The standard InChI is InChI=1S/C16H15F3N2O2/c1-10(22)14-8-12(9-15(20-14)16(17,18)19)21(2)11-4-6-13(23-3)7-5-11/h4-9H,1-3H3. The number of anilines is 2. The first-order valence-electron chi connectivity index (χ1n) is 6.70. The fourth-order valence-corrected chi connectivity index (χ4v) is 1.99. The molecule has 0 saturated carbocycles. The van der Waals surface area contributed by atoms with Gasteiger partial charge >= 0.3 is 6.18 Å². The van der Waals surface area contributed by atoms with E-state index in [-0.39, 0.29) is 11.4 Å². The predicted octanol–water partition coefficient (Wildman–Crippen LogP) is 4.08. The zero-order valence-corrected chi connectivity index (χ0v) is 12.8. The molecule has 7 heteroatoms. The van der Waals surface area contributed by atoms with Gasteiger partial charge in [-0.15, -0.1) is 0 Å². The van der Waals surface area contributed by atoms with Gasteiger partial charge in [-0.05, 0) is 36.4 Å². The average molecular weight is 324 g/mol. The number of ketones is 1. The number of hydrogen-bond acceptors (Lipinski definition) is 4. The third-order valence-electron chi connectivity index (χ3n) is 3.31. The van der Waals surface area contributed by atoms with E-state index in [1.807, 2.05) is 0 Å². The van der Waals surface area contributed by atoms with Crippen molar-refractivity contribution in [3.8, 4) is 5.75 Å². The molecule has 0 aliphatic heterocycles. The van der Waals surface area contributed by atoms with E-state index >= 15 is 0 Å². The summed E-state index contributed by atoms with van der Waals surface area (Å²) < 4.78 is 43.9. The number of hydrogen-bond donors (Lipinski definition) is 0. The van der Waals surface area contributed by atoms with E-state index < -0.39 is 17.7 Å². The fourth-order valence-electron chi connectivity index (χ4n) is 1.99. The summed E-state index contributed by atoms with van der Waals surface area (Å²) in [7, 11) is 3.14. The Labute approximate surface area is 131 Å². The molecule has 0 atom stereocenters. The summed E-state index contributed by atoms with van der Waals surface area (Å²) in [6, 6.07) is 9.06. The molecule has 0 amide bonds. The van der Waals surface area contributed by atoms with Crippen LogP contribution in [0.4, 0.5) is 24.5 Å². The summed E-state index contributed by atoms with van der Waals surface area (Å²) in [4.78, 5) is 16.4. The predicted molar refractivity (Wildman–Crippen MR) is 80.3 cm³/mol. The summed E-state index contributed by atoms with van der Waals surface area (Å²) in [6.45, 7) is 1.18. The highest BCUT2D eigenvalue weighted by Gasteiger charge is 2.34. The molecule has 1 heterocycles. The third-order valence-corrected chi connectivity index (χ3v) is 3.31. The molecule has 2 rings (SSSR count). The Bertz CT molecular complexity index is 712. The molecule has 0 fully saturated rings. The Hall–Kier alpha value is -2.57. The minimum Gasteiger partial charge on any atom is -0.497 e. The number of aromatic nitrogens is 1. The quantitative estimate of drug-likeness (QED) is 0.795. The lowest BCUT2D eigenvalue weighted by atomic mass is 10.2. The van der Waals surface area contributed by atoms with Crippen molar-refractivity contribution in [3.05, 3.63) is 47.8 Å². The zero-order valence-electron chi connectivity index (χ0n) is 12.8. The average Bonchev–Trinajstić information content (AvgIpc) is 2.53. The first kappa shape index (κ1) is 16.8. The van der Waals surface area contributed by atoms with Crippen molar-refractivity contribution >= 4 is 17.2 Å². The number of halogens is 3. The molecule has 0 N–H and O–H groups in total. The molecule has 23 heavy (non-hydrogen) atoms. The first-order chi connectivity index (χ1) is 10.7. The second-order valence-electron chi connectivity index (χ2n) is 4.91. The van der Waals surface area contributed by atoms with Crippen LogP contribution in [0.3, 0.4) is 0 Å². The number of methoxy groups -OCH3 is 1. The fraction of sp³-hybridized carbons (Fsp3) is 0.250. The van der Waals surface area contributed by atoms with E-state index in [1.165, 1.54) is 20.1 Å². The van der Waals surface area contributed by atoms with Crippen LogP contribution in [0.1, 0.15) is 23.1 Å². The Morgan fingerprint density at radius 3 is 2.22 bits per heavy atom. The molecule has 0 saturated heterocycles. The van der Waals surface area contributed by atoms with Gasteiger partial charge in [0.2, 0.25) is 0 Å². The van der Waals surface area contributed by atoms with Crippen molar-refractivity contribution in [1.29, 1.82) is 0 Å². The molecular weight excluding hydrogens is 309 g/mol. The second kappa shape index (κ2) is 6.28. The SMILES string of the molecule is COc1ccc(N(C)c2cc(C(C)=O)nc(C(F)(F)F)c2)cc1. The van der Waals surface area contributed by atoms with Gasteiger partial charge in [-0.2, -0.15) is 13.2 Å². The van der Waals surface area contributed by atoms with Gasteiger partial charge in [-0.25, -0.2) is 4.98 Å². The number of nitrogens with zero attached hydrogens (tertiary/aromatic N) is 2. The van der Waals surface area contributed by atoms with E-state index in [4.69, 9.17) is 4.74 Å². The van der Waals surface area contributed by atoms with Crippen molar-refractivity contribution in [2.75, 3.05) is 19.1 Å². The number of ether oxygens (including phenoxy) is 1. The lowest BCUT2D eigenvalue weighted by Gasteiger charge is -2.21. The maximum atomic E-state index is 13.0. The van der Waals surface area contributed by atoms with Gasteiger partial charge in [0.25, 0.3) is 0 Å². The van der Waals surface area contributed by atoms with Crippen molar-refractivity contribution in [2.45, 2.75) is 13.1 Å². The molecule has 4 nitrogen and oxygen atoms in total. The molecule has 0 bridgehead atoms. The van der Waals surface area contributed by atoms with E-state index in [2.05, 4.69) is 4.98 Å². The molecule has 0 spiro atoms. The highest BCUT2D eigenvalue weighted by atomic mass is 19.4. The highest BCUT2D eigenvalue weighted by Crippen LogP contribution is 2.33. The van der Waals surface area contributed by atoms with Crippen LogP contribution in [-0.4, -0.2) is 24.9 Å². The molecule has 122 valence electrons. The van der Waals surface area contributed by atoms with Crippen LogP contribution in [0.5, 0.6) is 5.75 Å². The van der Waals surface area contributed by atoms with E-state index in [0.717, 1.165) is 6.07 Å². The number of rotatable bonds is 4. The van der Waals surface area contributed by atoms with E-state index in [1.54, 1.807) is 36.2 Å². The van der Waals surface area contributed by atoms with E-state index in [9.17, 15) is 18.0 Å². The van der Waals surface area contributed by atoms with Crippen LogP contribution in [-0.2, 0) is 6.18 Å². The lowest BCUT2D eigenvalue weighted by molar-refractivity contribution is -0.141. The number of carbonyl (C=O) groups is 1. The van der Waals surface area contributed by atoms with Gasteiger partial charge in [-0.1, -0.05) is 0 Å². The van der Waals surface area contributed by atoms with Gasteiger partial charge < -0.3 is 9.64 Å². The normalized spacial score (nSPS) is 11.2. The summed E-state index contributed by atoms with van der Waals surface area (Å²) in [5.41, 5.74) is -0.446. The number of alkyl halides is 3. The Morgan fingerprint density at radius 2 is 1.74 bits per heavy atom. The maximum absolute atomic E-state index is 13.0. The number of pyridine rings is 1. The lowest BCUT2D eigenvalue weighted by Crippen LogP contribution is -2.16. The smallest absolute Gasteiger partial charge is 0.433 e. The minimum atomic E-state index is -4.62. The molecule has 1 aromatic carbocycles. The van der Waals surface area contributed by atoms with Crippen LogP contribution < -0.4 is 9.64 Å². The van der Waals surface area contributed by atoms with E-state index in [0.29, 0.717) is 11.4 Å². The van der Waals surface area contributed by atoms with Crippen molar-refractivity contribution in [3.63, 3.8) is 0 Å². The summed E-state index contributed by atoms with van der Waals surface area (Å²) in [5.74, 6) is 0.109. The van der Waals surface area contributed by atoms with Crippen LogP contribution in [0.25, 0.3) is 0 Å². The molecular formula is C16H15F3N2O2. The topological polar surface area (TPSA) is 42.4 Å². The van der Waals surface area contributed by atoms with Crippen LogP contribution in [0.2, 0.25) is 0 Å². The monoisotopic (exact) mass is 324 g/mol. The number of benzene rings is 1. The number of carbonyl (C=O) groups excluding carboxylic acids is 1. The van der Waals surface area contributed by atoms with Gasteiger partial charge in [-0.3, -0.25) is 4.79 Å². The largest absolute Gasteiger partial charge is 0.497 e. The molecule has 0 aliphatic carbocycles. The highest BCUT2D eigenvalue weighted by molar-refractivity contribution is 5.93. The van der Waals surface area contributed by atoms with Crippen LogP contribution in [0, 0.1) is 0 Å². The summed E-state index contributed by atoms with van der Waals surface area (Å²) in [6.07, 6.45) is -4.62. The molecule has 0 radical (unpaired) electrons. The Kier molecular flexibility index (Phi) is 4.58. The van der Waals surface area contributed by atoms with Gasteiger partial charge in [0.1, 0.15) is 17.1 Å².